The molecule has 0 atom stereocenters. The van der Waals surface area contributed by atoms with Gasteiger partial charge in [0.05, 0.1) is 7.11 Å². The van der Waals surface area contributed by atoms with Crippen LogP contribution < -0.4 is 4.74 Å². The first-order valence-corrected chi connectivity index (χ1v) is 8.94. The minimum atomic E-state index is 0.136. The van der Waals surface area contributed by atoms with Gasteiger partial charge in [-0.05, 0) is 50.7 Å². The fourth-order valence-corrected chi connectivity index (χ4v) is 3.30. The Morgan fingerprint density at radius 3 is 2.52 bits per heavy atom. The van der Waals surface area contributed by atoms with Crippen LogP contribution in [-0.2, 0) is 6.54 Å². The highest BCUT2D eigenvalue weighted by Gasteiger charge is 2.22. The van der Waals surface area contributed by atoms with Crippen LogP contribution in [0.4, 0.5) is 0 Å². The van der Waals surface area contributed by atoms with Crippen LogP contribution in [0.15, 0.2) is 36.5 Å². The van der Waals surface area contributed by atoms with Crippen molar-refractivity contribution < 1.29 is 9.53 Å². The fourth-order valence-electron chi connectivity index (χ4n) is 3.30. The number of hydrogen-bond donors (Lipinski definition) is 0. The van der Waals surface area contributed by atoms with E-state index in [0.29, 0.717) is 0 Å². The summed E-state index contributed by atoms with van der Waals surface area (Å²) in [5.74, 6) is 0.973. The number of ether oxygens (including phenoxy) is 1. The van der Waals surface area contributed by atoms with Gasteiger partial charge in [-0.3, -0.25) is 4.79 Å². The summed E-state index contributed by atoms with van der Waals surface area (Å²) in [6, 6.07) is 9.98. The topological polar surface area (TPSA) is 37.7 Å². The molecule has 134 valence electrons. The van der Waals surface area contributed by atoms with Gasteiger partial charge in [-0.2, -0.15) is 0 Å². The van der Waals surface area contributed by atoms with Crippen LogP contribution in [-0.4, -0.2) is 60.6 Å². The minimum Gasteiger partial charge on any atom is -0.497 e. The Kier molecular flexibility index (Phi) is 5.43. The minimum absolute atomic E-state index is 0.136. The van der Waals surface area contributed by atoms with Crippen LogP contribution in [0, 0.1) is 0 Å². The Balaban J connectivity index is 1.85. The van der Waals surface area contributed by atoms with Crippen molar-refractivity contribution in [2.75, 3.05) is 40.3 Å². The lowest BCUT2D eigenvalue weighted by molar-refractivity contribution is 0.0752. The van der Waals surface area contributed by atoms with Crippen LogP contribution >= 0.6 is 0 Å². The van der Waals surface area contributed by atoms with Gasteiger partial charge in [0.2, 0.25) is 0 Å². The van der Waals surface area contributed by atoms with E-state index < -0.39 is 0 Å². The number of rotatable bonds is 4. The zero-order valence-corrected chi connectivity index (χ0v) is 15.4. The first-order valence-electron chi connectivity index (χ1n) is 8.94. The van der Waals surface area contributed by atoms with Gasteiger partial charge in [0.1, 0.15) is 11.4 Å². The SMILES string of the molecule is CCn1cc(-c2ccc(OC)cc2)cc1C(=O)N1CCCN(C)CC1. The van der Waals surface area contributed by atoms with E-state index in [2.05, 4.69) is 29.6 Å². The summed E-state index contributed by atoms with van der Waals surface area (Å²) in [6.07, 6.45) is 3.10. The van der Waals surface area contributed by atoms with Gasteiger partial charge in [-0.15, -0.1) is 0 Å². The molecule has 0 saturated carbocycles. The molecule has 2 aromatic rings. The third-order valence-corrected chi connectivity index (χ3v) is 4.89. The van der Waals surface area contributed by atoms with Crippen molar-refractivity contribution in [1.82, 2.24) is 14.4 Å². The molecule has 2 heterocycles. The average Bonchev–Trinajstić information content (AvgIpc) is 2.96. The van der Waals surface area contributed by atoms with Crippen LogP contribution in [0.3, 0.4) is 0 Å². The van der Waals surface area contributed by atoms with E-state index >= 15 is 0 Å². The number of amides is 1. The Labute approximate surface area is 149 Å². The number of benzene rings is 1. The second-order valence-corrected chi connectivity index (χ2v) is 6.58. The molecule has 0 unspecified atom stereocenters. The molecule has 5 nitrogen and oxygen atoms in total. The lowest BCUT2D eigenvalue weighted by Gasteiger charge is -2.21. The first-order chi connectivity index (χ1) is 12.1. The van der Waals surface area contributed by atoms with Gasteiger partial charge < -0.3 is 19.1 Å². The summed E-state index contributed by atoms with van der Waals surface area (Å²) in [5, 5.41) is 0. The van der Waals surface area contributed by atoms with Crippen molar-refractivity contribution in [2.45, 2.75) is 19.9 Å². The van der Waals surface area contributed by atoms with Gasteiger partial charge in [0.15, 0.2) is 0 Å². The maximum Gasteiger partial charge on any atom is 0.270 e. The normalized spacial score (nSPS) is 15.9. The standard InChI is InChI=1S/C20H27N3O2/c1-4-22-15-17(16-6-8-18(25-3)9-7-16)14-19(22)20(24)23-11-5-10-21(2)12-13-23/h6-9,14-15H,4-5,10-13H2,1-3H3. The summed E-state index contributed by atoms with van der Waals surface area (Å²) in [4.78, 5) is 17.3. The number of hydrogen-bond acceptors (Lipinski definition) is 3. The fraction of sp³-hybridized carbons (Fsp3) is 0.450. The summed E-state index contributed by atoms with van der Waals surface area (Å²) < 4.78 is 7.28. The zero-order valence-electron chi connectivity index (χ0n) is 15.4. The summed E-state index contributed by atoms with van der Waals surface area (Å²) in [5.41, 5.74) is 2.94. The smallest absolute Gasteiger partial charge is 0.270 e. The van der Waals surface area contributed by atoms with E-state index in [4.69, 9.17) is 4.74 Å². The zero-order chi connectivity index (χ0) is 17.8. The Hall–Kier alpha value is -2.27. The summed E-state index contributed by atoms with van der Waals surface area (Å²) >= 11 is 0. The predicted octanol–water partition coefficient (Wildman–Crippen LogP) is 2.96. The number of carbonyl (C=O) groups is 1. The molecule has 1 aliphatic heterocycles. The quantitative estimate of drug-likeness (QED) is 0.858. The predicted molar refractivity (Wildman–Crippen MR) is 100 cm³/mol. The number of nitrogens with zero attached hydrogens (tertiary/aromatic N) is 3. The molecule has 5 heteroatoms. The highest BCUT2D eigenvalue weighted by atomic mass is 16.5. The van der Waals surface area contributed by atoms with Crippen molar-refractivity contribution in [3.63, 3.8) is 0 Å². The second kappa shape index (κ2) is 7.74. The van der Waals surface area contributed by atoms with Crippen molar-refractivity contribution in [1.29, 1.82) is 0 Å². The van der Waals surface area contributed by atoms with Crippen LogP contribution in [0.1, 0.15) is 23.8 Å². The van der Waals surface area contributed by atoms with Crippen molar-refractivity contribution in [3.8, 4) is 16.9 Å². The molecule has 0 bridgehead atoms. The highest BCUT2D eigenvalue weighted by Crippen LogP contribution is 2.25. The van der Waals surface area contributed by atoms with Crippen LogP contribution in [0.2, 0.25) is 0 Å². The molecule has 1 aromatic carbocycles. The molecule has 1 amide bonds. The first kappa shape index (κ1) is 17.5. The molecular weight excluding hydrogens is 314 g/mol. The molecule has 1 fully saturated rings. The van der Waals surface area contributed by atoms with Gasteiger partial charge in [-0.1, -0.05) is 12.1 Å². The van der Waals surface area contributed by atoms with E-state index in [0.717, 1.165) is 61.7 Å². The maximum absolute atomic E-state index is 13.1. The second-order valence-electron chi connectivity index (χ2n) is 6.58. The molecule has 0 aliphatic carbocycles. The van der Waals surface area contributed by atoms with Gasteiger partial charge in [0.25, 0.3) is 5.91 Å². The van der Waals surface area contributed by atoms with Crippen molar-refractivity contribution in [3.05, 3.63) is 42.2 Å². The molecule has 0 radical (unpaired) electrons. The van der Waals surface area contributed by atoms with E-state index in [-0.39, 0.29) is 5.91 Å². The Morgan fingerprint density at radius 1 is 1.08 bits per heavy atom. The van der Waals surface area contributed by atoms with E-state index in [1.165, 1.54) is 0 Å². The highest BCUT2D eigenvalue weighted by molar-refractivity contribution is 5.94. The summed E-state index contributed by atoms with van der Waals surface area (Å²) in [7, 11) is 3.78. The van der Waals surface area contributed by atoms with Crippen molar-refractivity contribution >= 4 is 5.91 Å². The third kappa shape index (κ3) is 3.87. The van der Waals surface area contributed by atoms with Crippen LogP contribution in [0.25, 0.3) is 11.1 Å². The monoisotopic (exact) mass is 341 g/mol. The molecule has 1 saturated heterocycles. The number of methoxy groups -OCH3 is 1. The molecule has 0 N–H and O–H groups in total. The number of aromatic nitrogens is 1. The number of aryl methyl sites for hydroxylation is 1. The van der Waals surface area contributed by atoms with Gasteiger partial charge in [-0.25, -0.2) is 0 Å². The maximum atomic E-state index is 13.1. The average molecular weight is 341 g/mol. The van der Waals surface area contributed by atoms with Gasteiger partial charge >= 0.3 is 0 Å². The summed E-state index contributed by atoms with van der Waals surface area (Å²) in [6.45, 7) is 6.47. The lowest BCUT2D eigenvalue weighted by Crippen LogP contribution is -2.35. The molecular formula is C20H27N3O2. The molecule has 25 heavy (non-hydrogen) atoms. The number of likely N-dealkylation sites (N-methyl/N-ethyl adjacent to an activating group) is 1. The Morgan fingerprint density at radius 2 is 1.84 bits per heavy atom. The van der Waals surface area contributed by atoms with Gasteiger partial charge in [0, 0.05) is 37.9 Å². The third-order valence-electron chi connectivity index (χ3n) is 4.89. The van der Waals surface area contributed by atoms with Crippen molar-refractivity contribution in [2.24, 2.45) is 0 Å². The largest absolute Gasteiger partial charge is 0.497 e. The lowest BCUT2D eigenvalue weighted by atomic mass is 10.1. The Bertz CT molecular complexity index is 721. The molecule has 1 aromatic heterocycles. The van der Waals surface area contributed by atoms with Crippen LogP contribution in [0.5, 0.6) is 5.75 Å². The molecule has 1 aliphatic rings. The molecule has 3 rings (SSSR count). The van der Waals surface area contributed by atoms with E-state index in [1.807, 2.05) is 35.2 Å². The molecule has 0 spiro atoms. The number of carbonyl (C=O) groups excluding carboxylic acids is 1. The van der Waals surface area contributed by atoms with E-state index in [1.54, 1.807) is 7.11 Å². The van der Waals surface area contributed by atoms with E-state index in [9.17, 15) is 4.79 Å².